The van der Waals surface area contributed by atoms with Crippen LogP contribution in [0.25, 0.3) is 0 Å². The Balaban J connectivity index is 2.23. The Kier molecular flexibility index (Phi) is 4.60. The van der Waals surface area contributed by atoms with Crippen LogP contribution in [0.5, 0.6) is 0 Å². The number of ether oxygens (including phenoxy) is 1. The maximum Gasteiger partial charge on any atom is 0.339 e. The molecule has 20 heavy (non-hydrogen) atoms. The number of hydrogen-bond donors (Lipinski definition) is 1. The van der Waals surface area contributed by atoms with Crippen molar-refractivity contribution >= 4 is 11.7 Å². The van der Waals surface area contributed by atoms with Gasteiger partial charge in [-0.15, -0.1) is 0 Å². The first kappa shape index (κ1) is 14.8. The minimum atomic E-state index is -0.920. The molecule has 5 nitrogen and oxygen atoms in total. The van der Waals surface area contributed by atoms with E-state index >= 15 is 0 Å². The molecule has 110 valence electrons. The summed E-state index contributed by atoms with van der Waals surface area (Å²) in [5.41, 5.74) is 2.45. The quantitative estimate of drug-likeness (QED) is 0.915. The van der Waals surface area contributed by atoms with Gasteiger partial charge in [-0.3, -0.25) is 4.98 Å². The highest BCUT2D eigenvalue weighted by Crippen LogP contribution is 2.25. The van der Waals surface area contributed by atoms with E-state index in [-0.39, 0.29) is 0 Å². The molecule has 1 aliphatic rings. The first-order valence-corrected chi connectivity index (χ1v) is 6.99. The van der Waals surface area contributed by atoms with E-state index in [0.717, 1.165) is 44.0 Å². The van der Waals surface area contributed by atoms with Gasteiger partial charge in [-0.05, 0) is 38.7 Å². The van der Waals surface area contributed by atoms with Crippen LogP contribution in [0.2, 0.25) is 0 Å². The van der Waals surface area contributed by atoms with Crippen LogP contribution in [0.15, 0.2) is 6.07 Å². The molecule has 0 saturated carbocycles. The zero-order valence-electron chi connectivity index (χ0n) is 12.3. The summed E-state index contributed by atoms with van der Waals surface area (Å²) >= 11 is 0. The Morgan fingerprint density at radius 3 is 2.90 bits per heavy atom. The molecule has 1 N–H and O–H groups in total. The smallest absolute Gasteiger partial charge is 0.339 e. The number of hydrogen-bond acceptors (Lipinski definition) is 4. The molecule has 0 spiro atoms. The van der Waals surface area contributed by atoms with Crippen LogP contribution in [0.3, 0.4) is 0 Å². The van der Waals surface area contributed by atoms with Gasteiger partial charge in [0.25, 0.3) is 0 Å². The molecule has 1 saturated heterocycles. The number of aromatic carboxylic acids is 1. The zero-order valence-corrected chi connectivity index (χ0v) is 12.3. The predicted octanol–water partition coefficient (Wildman–Crippen LogP) is 2.26. The number of aromatic nitrogens is 1. The Morgan fingerprint density at radius 2 is 2.30 bits per heavy atom. The van der Waals surface area contributed by atoms with Crippen LogP contribution in [0.1, 0.15) is 34.6 Å². The lowest BCUT2D eigenvalue weighted by Gasteiger charge is -2.29. The summed E-state index contributed by atoms with van der Waals surface area (Å²) in [5, 5.41) is 9.40. The maximum absolute atomic E-state index is 11.5. The molecule has 2 heterocycles. The third kappa shape index (κ3) is 3.28. The van der Waals surface area contributed by atoms with Crippen molar-refractivity contribution in [1.29, 1.82) is 0 Å². The summed E-state index contributed by atoms with van der Waals surface area (Å²) in [4.78, 5) is 17.7. The molecule has 1 aromatic heterocycles. The molecule has 1 unspecified atom stereocenters. The lowest BCUT2D eigenvalue weighted by molar-refractivity contribution is 0.0576. The minimum absolute atomic E-state index is 0.301. The summed E-state index contributed by atoms with van der Waals surface area (Å²) in [6, 6.07) is 1.85. The largest absolute Gasteiger partial charge is 0.478 e. The number of carboxylic acid groups (broad SMARTS) is 1. The van der Waals surface area contributed by atoms with E-state index in [0.29, 0.717) is 17.2 Å². The molecule has 0 radical (unpaired) electrons. The fraction of sp³-hybridized carbons (Fsp3) is 0.600. The van der Waals surface area contributed by atoms with Crippen molar-refractivity contribution < 1.29 is 14.6 Å². The topological polar surface area (TPSA) is 62.7 Å². The number of rotatable bonds is 4. The summed E-state index contributed by atoms with van der Waals surface area (Å²) in [6.45, 7) is 6.05. The van der Waals surface area contributed by atoms with Gasteiger partial charge in [0.1, 0.15) is 5.56 Å². The summed E-state index contributed by atoms with van der Waals surface area (Å²) < 4.78 is 5.49. The Morgan fingerprint density at radius 1 is 1.55 bits per heavy atom. The number of carboxylic acids is 1. The summed E-state index contributed by atoms with van der Waals surface area (Å²) in [5.74, 6) is -0.457. The third-order valence-electron chi connectivity index (χ3n) is 3.72. The Bertz CT molecular complexity index is 496. The molecular formula is C15H22N2O3. The molecule has 0 amide bonds. The van der Waals surface area contributed by atoms with Crippen LogP contribution in [-0.4, -0.2) is 42.9 Å². The van der Waals surface area contributed by atoms with E-state index in [1.54, 1.807) is 6.92 Å². The van der Waals surface area contributed by atoms with E-state index in [1.807, 2.05) is 24.9 Å². The molecule has 0 aromatic carbocycles. The SMILES string of the molecule is Cc1cc(N(C)CC2CCCOC2)c(C(=O)O)c(C)n1. The van der Waals surface area contributed by atoms with Gasteiger partial charge < -0.3 is 14.7 Å². The van der Waals surface area contributed by atoms with Crippen molar-refractivity contribution in [3.63, 3.8) is 0 Å². The highest BCUT2D eigenvalue weighted by atomic mass is 16.5. The molecule has 1 fully saturated rings. The second kappa shape index (κ2) is 6.22. The van der Waals surface area contributed by atoms with Crippen molar-refractivity contribution in [1.82, 2.24) is 4.98 Å². The van der Waals surface area contributed by atoms with Crippen LogP contribution in [0.4, 0.5) is 5.69 Å². The van der Waals surface area contributed by atoms with E-state index in [2.05, 4.69) is 4.98 Å². The van der Waals surface area contributed by atoms with Gasteiger partial charge in [-0.25, -0.2) is 4.79 Å². The Labute approximate surface area is 119 Å². The van der Waals surface area contributed by atoms with Gasteiger partial charge in [-0.2, -0.15) is 0 Å². The zero-order chi connectivity index (χ0) is 14.7. The first-order valence-electron chi connectivity index (χ1n) is 6.99. The van der Waals surface area contributed by atoms with Crippen molar-refractivity contribution in [2.75, 3.05) is 31.7 Å². The van der Waals surface area contributed by atoms with Crippen LogP contribution in [-0.2, 0) is 4.74 Å². The molecule has 5 heteroatoms. The lowest BCUT2D eigenvalue weighted by Crippen LogP contribution is -2.32. The second-order valence-corrected chi connectivity index (χ2v) is 5.51. The van der Waals surface area contributed by atoms with E-state index in [4.69, 9.17) is 4.74 Å². The van der Waals surface area contributed by atoms with Gasteiger partial charge in [0, 0.05) is 25.9 Å². The number of pyridine rings is 1. The van der Waals surface area contributed by atoms with E-state index in [9.17, 15) is 9.90 Å². The molecule has 2 rings (SSSR count). The average molecular weight is 278 g/mol. The average Bonchev–Trinajstić information content (AvgIpc) is 2.38. The van der Waals surface area contributed by atoms with Gasteiger partial charge in [0.05, 0.1) is 18.0 Å². The second-order valence-electron chi connectivity index (χ2n) is 5.51. The molecular weight excluding hydrogens is 256 g/mol. The van der Waals surface area contributed by atoms with E-state index in [1.165, 1.54) is 0 Å². The first-order chi connectivity index (χ1) is 9.49. The van der Waals surface area contributed by atoms with Crippen molar-refractivity contribution in [2.24, 2.45) is 5.92 Å². The van der Waals surface area contributed by atoms with Gasteiger partial charge in [0.15, 0.2) is 0 Å². The molecule has 1 atom stereocenters. The van der Waals surface area contributed by atoms with Crippen molar-refractivity contribution in [2.45, 2.75) is 26.7 Å². The van der Waals surface area contributed by atoms with Gasteiger partial charge in [-0.1, -0.05) is 0 Å². The predicted molar refractivity (Wildman–Crippen MR) is 77.5 cm³/mol. The highest BCUT2D eigenvalue weighted by Gasteiger charge is 2.21. The fourth-order valence-electron chi connectivity index (χ4n) is 2.81. The normalized spacial score (nSPS) is 18.9. The standard InChI is InChI=1S/C15H22N2O3/c1-10-7-13(14(15(18)19)11(2)16-10)17(3)8-12-5-4-6-20-9-12/h7,12H,4-6,8-9H2,1-3H3,(H,18,19). The number of nitrogens with zero attached hydrogens (tertiary/aromatic N) is 2. The molecule has 1 aliphatic heterocycles. The number of carbonyl (C=O) groups is 1. The lowest BCUT2D eigenvalue weighted by atomic mass is 10.0. The van der Waals surface area contributed by atoms with Crippen molar-refractivity contribution in [3.05, 3.63) is 23.0 Å². The summed E-state index contributed by atoms with van der Waals surface area (Å²) in [7, 11) is 1.94. The third-order valence-corrected chi connectivity index (χ3v) is 3.72. The molecule has 0 aliphatic carbocycles. The fourth-order valence-corrected chi connectivity index (χ4v) is 2.81. The van der Waals surface area contributed by atoms with Gasteiger partial charge in [0.2, 0.25) is 0 Å². The van der Waals surface area contributed by atoms with Gasteiger partial charge >= 0.3 is 5.97 Å². The minimum Gasteiger partial charge on any atom is -0.478 e. The van der Waals surface area contributed by atoms with Crippen molar-refractivity contribution in [3.8, 4) is 0 Å². The maximum atomic E-state index is 11.5. The van der Waals surface area contributed by atoms with Crippen LogP contribution < -0.4 is 4.90 Å². The molecule has 1 aromatic rings. The highest BCUT2D eigenvalue weighted by molar-refractivity contribution is 5.95. The van der Waals surface area contributed by atoms with Crippen LogP contribution >= 0.6 is 0 Å². The number of aryl methyl sites for hydroxylation is 2. The van der Waals surface area contributed by atoms with E-state index < -0.39 is 5.97 Å². The summed E-state index contributed by atoms with van der Waals surface area (Å²) in [6.07, 6.45) is 2.22. The monoisotopic (exact) mass is 278 g/mol. The van der Waals surface area contributed by atoms with Crippen LogP contribution in [0, 0.1) is 19.8 Å². The Hall–Kier alpha value is -1.62. The molecule has 0 bridgehead atoms. The number of anilines is 1.